The highest BCUT2D eigenvalue weighted by Gasteiger charge is 2.64. The maximum absolute atomic E-state index is 14.1. The first-order valence-corrected chi connectivity index (χ1v) is 13.9. The molecule has 2 heterocycles. The van der Waals surface area contributed by atoms with Crippen molar-refractivity contribution in [2.75, 3.05) is 19.8 Å². The number of hydrogen-bond acceptors (Lipinski definition) is 7. The number of rotatable bonds is 9. The van der Waals surface area contributed by atoms with Gasteiger partial charge in [-0.15, -0.1) is 0 Å². The number of nitrogens with two attached hydrogens (primary N) is 1. The molecule has 3 N–H and O–H groups in total. The second-order valence-electron chi connectivity index (χ2n) is 11.3. The molecule has 10 heteroatoms. The Morgan fingerprint density at radius 1 is 1.07 bits per heavy atom. The van der Waals surface area contributed by atoms with Gasteiger partial charge in [0, 0.05) is 24.1 Å². The number of fused-ring (bicyclic) bond motifs is 2. The Bertz CT molecular complexity index is 1330. The van der Waals surface area contributed by atoms with Crippen molar-refractivity contribution in [2.24, 2.45) is 17.6 Å². The molecule has 2 unspecified atom stereocenters. The molecule has 4 amide bonds. The van der Waals surface area contributed by atoms with Gasteiger partial charge in [0.2, 0.25) is 17.4 Å². The van der Waals surface area contributed by atoms with Gasteiger partial charge < -0.3 is 25.4 Å². The van der Waals surface area contributed by atoms with Crippen LogP contribution in [0.2, 0.25) is 0 Å². The molecule has 2 aromatic rings. The van der Waals surface area contributed by atoms with Gasteiger partial charge in [-0.25, -0.2) is 9.69 Å². The van der Waals surface area contributed by atoms with Crippen LogP contribution in [0.5, 0.6) is 0 Å². The van der Waals surface area contributed by atoms with Crippen molar-refractivity contribution in [3.63, 3.8) is 0 Å². The lowest BCUT2D eigenvalue weighted by molar-refractivity contribution is -0.145. The minimum atomic E-state index is -1.76. The van der Waals surface area contributed by atoms with E-state index in [0.29, 0.717) is 31.2 Å². The molecule has 4 aliphatic rings. The van der Waals surface area contributed by atoms with E-state index >= 15 is 0 Å². The first-order valence-electron chi connectivity index (χ1n) is 13.9. The average molecular weight is 547 g/mol. The van der Waals surface area contributed by atoms with Gasteiger partial charge in [0.1, 0.15) is 6.54 Å². The fourth-order valence-corrected chi connectivity index (χ4v) is 6.05. The SMILES string of the molecule is C[C@@H](C1CC1)N(Cc1ccccc1)C(=O)CN1C(=O)OC2(C1=O)c1ccccc1CC2NC(=O)[C@H](N)C1COC1. The molecule has 2 aliphatic heterocycles. The third kappa shape index (κ3) is 4.54. The Labute approximate surface area is 232 Å². The van der Waals surface area contributed by atoms with Gasteiger partial charge in [-0.1, -0.05) is 54.6 Å². The van der Waals surface area contributed by atoms with Gasteiger partial charge in [0.15, 0.2) is 0 Å². The van der Waals surface area contributed by atoms with Crippen molar-refractivity contribution in [3.05, 3.63) is 71.3 Å². The van der Waals surface area contributed by atoms with Crippen LogP contribution in [0.1, 0.15) is 36.5 Å². The van der Waals surface area contributed by atoms with Gasteiger partial charge in [-0.2, -0.15) is 0 Å². The van der Waals surface area contributed by atoms with Crippen LogP contribution >= 0.6 is 0 Å². The predicted octanol–water partition coefficient (Wildman–Crippen LogP) is 1.70. The molecule has 40 heavy (non-hydrogen) atoms. The summed E-state index contributed by atoms with van der Waals surface area (Å²) < 4.78 is 11.0. The summed E-state index contributed by atoms with van der Waals surface area (Å²) >= 11 is 0. The number of imide groups is 1. The molecule has 0 bridgehead atoms. The monoisotopic (exact) mass is 546 g/mol. The maximum atomic E-state index is 14.1. The molecule has 2 aromatic carbocycles. The largest absolute Gasteiger partial charge is 0.425 e. The molecular weight excluding hydrogens is 512 g/mol. The molecule has 10 nitrogen and oxygen atoms in total. The van der Waals surface area contributed by atoms with Crippen LogP contribution in [0.3, 0.4) is 0 Å². The molecule has 1 spiro atoms. The van der Waals surface area contributed by atoms with E-state index in [4.69, 9.17) is 15.2 Å². The number of amides is 4. The maximum Gasteiger partial charge on any atom is 0.418 e. The lowest BCUT2D eigenvalue weighted by Gasteiger charge is -2.33. The molecule has 6 rings (SSSR count). The summed E-state index contributed by atoms with van der Waals surface area (Å²) in [5.41, 5.74) is 6.67. The van der Waals surface area contributed by atoms with Gasteiger partial charge in [-0.3, -0.25) is 14.4 Å². The number of ether oxygens (including phenoxy) is 2. The molecule has 2 aliphatic carbocycles. The van der Waals surface area contributed by atoms with E-state index in [1.807, 2.05) is 49.4 Å². The van der Waals surface area contributed by atoms with Crippen LogP contribution in [-0.4, -0.2) is 71.5 Å². The van der Waals surface area contributed by atoms with Gasteiger partial charge in [0.25, 0.3) is 5.91 Å². The van der Waals surface area contributed by atoms with Crippen LogP contribution in [0.25, 0.3) is 0 Å². The third-order valence-corrected chi connectivity index (χ3v) is 8.76. The summed E-state index contributed by atoms with van der Waals surface area (Å²) in [6.07, 6.45) is 1.47. The smallest absolute Gasteiger partial charge is 0.418 e. The van der Waals surface area contributed by atoms with Crippen LogP contribution in [0.15, 0.2) is 54.6 Å². The Morgan fingerprint density at radius 2 is 1.77 bits per heavy atom. The molecule has 0 aromatic heterocycles. The van der Waals surface area contributed by atoms with Crippen molar-refractivity contribution in [2.45, 2.75) is 56.5 Å². The zero-order valence-corrected chi connectivity index (χ0v) is 22.5. The number of nitrogens with zero attached hydrogens (tertiary/aromatic N) is 2. The van der Waals surface area contributed by atoms with Crippen molar-refractivity contribution in [1.82, 2.24) is 15.1 Å². The Hall–Kier alpha value is -3.76. The Balaban J connectivity index is 1.25. The minimum absolute atomic E-state index is 0.0355. The van der Waals surface area contributed by atoms with Gasteiger partial charge >= 0.3 is 6.09 Å². The summed E-state index contributed by atoms with van der Waals surface area (Å²) in [4.78, 5) is 56.8. The van der Waals surface area contributed by atoms with Crippen molar-refractivity contribution in [3.8, 4) is 0 Å². The van der Waals surface area contributed by atoms with E-state index in [1.165, 1.54) is 0 Å². The van der Waals surface area contributed by atoms with Gasteiger partial charge in [0.05, 0.1) is 25.3 Å². The van der Waals surface area contributed by atoms with E-state index in [1.54, 1.807) is 17.0 Å². The highest BCUT2D eigenvalue weighted by Crippen LogP contribution is 2.46. The summed E-state index contributed by atoms with van der Waals surface area (Å²) in [6.45, 7) is 2.74. The normalized spacial score (nSPS) is 25.2. The number of carbonyl (C=O) groups is 4. The van der Waals surface area contributed by atoms with Crippen LogP contribution < -0.4 is 11.1 Å². The number of hydrogen-bond donors (Lipinski definition) is 2. The lowest BCUT2D eigenvalue weighted by atomic mass is 9.90. The molecule has 3 fully saturated rings. The van der Waals surface area contributed by atoms with E-state index in [9.17, 15) is 19.2 Å². The highest BCUT2D eigenvalue weighted by molar-refractivity contribution is 6.07. The summed E-state index contributed by atoms with van der Waals surface area (Å²) in [5.74, 6) is -1.13. The van der Waals surface area contributed by atoms with Gasteiger partial charge in [-0.05, 0) is 43.2 Å². The van der Waals surface area contributed by atoms with Crippen LogP contribution in [-0.2, 0) is 42.4 Å². The number of carbonyl (C=O) groups excluding carboxylic acids is 4. The second-order valence-corrected chi connectivity index (χ2v) is 11.3. The first kappa shape index (κ1) is 26.5. The Morgan fingerprint density at radius 3 is 2.45 bits per heavy atom. The van der Waals surface area contributed by atoms with E-state index in [2.05, 4.69) is 5.32 Å². The molecule has 4 atom stereocenters. The molecule has 210 valence electrons. The second kappa shape index (κ2) is 10.3. The van der Waals surface area contributed by atoms with Crippen LogP contribution in [0, 0.1) is 11.8 Å². The summed E-state index contributed by atoms with van der Waals surface area (Å²) in [7, 11) is 0. The topological polar surface area (TPSA) is 131 Å². The molecule has 1 saturated carbocycles. The molecular formula is C30H34N4O6. The zero-order chi connectivity index (χ0) is 28.0. The van der Waals surface area contributed by atoms with Crippen molar-refractivity contribution in [1.29, 1.82) is 0 Å². The lowest BCUT2D eigenvalue weighted by Crippen LogP contribution is -2.59. The summed E-state index contributed by atoms with van der Waals surface area (Å²) in [6, 6.07) is 15.1. The quantitative estimate of drug-likeness (QED) is 0.490. The average Bonchev–Trinajstić information content (AvgIpc) is 3.69. The van der Waals surface area contributed by atoms with Crippen molar-refractivity contribution < 1.29 is 28.7 Å². The van der Waals surface area contributed by atoms with E-state index < -0.39 is 42.1 Å². The fourth-order valence-electron chi connectivity index (χ4n) is 6.05. The Kier molecular flexibility index (Phi) is 6.83. The number of benzene rings is 2. The van der Waals surface area contributed by atoms with E-state index in [0.717, 1.165) is 28.9 Å². The highest BCUT2D eigenvalue weighted by atomic mass is 16.6. The predicted molar refractivity (Wildman–Crippen MR) is 143 cm³/mol. The van der Waals surface area contributed by atoms with Crippen LogP contribution in [0.4, 0.5) is 4.79 Å². The fraction of sp³-hybridized carbons (Fsp3) is 0.467. The first-order chi connectivity index (χ1) is 19.3. The third-order valence-electron chi connectivity index (χ3n) is 8.76. The number of nitrogens with one attached hydrogen (secondary N) is 1. The molecule has 0 radical (unpaired) electrons. The standard InChI is InChI=1S/C30H34N4O6/c1-18(20-11-12-20)33(14-19-7-3-2-4-8-19)25(35)15-34-28(37)30(40-29(34)38)23-10-6-5-9-21(23)13-24(30)32-27(36)26(31)22-16-39-17-22/h2-10,18,20,22,24,26H,11-17,31H2,1H3,(H,32,36)/t18-,24?,26+,30?/m0/s1. The zero-order valence-electron chi connectivity index (χ0n) is 22.5. The van der Waals surface area contributed by atoms with E-state index in [-0.39, 0.29) is 24.3 Å². The van der Waals surface area contributed by atoms with Crippen molar-refractivity contribution >= 4 is 23.8 Å². The molecule has 2 saturated heterocycles. The minimum Gasteiger partial charge on any atom is -0.425 e. The summed E-state index contributed by atoms with van der Waals surface area (Å²) in [5, 5.41) is 2.89.